The van der Waals surface area contributed by atoms with E-state index >= 15 is 0 Å². The highest BCUT2D eigenvalue weighted by molar-refractivity contribution is 7.15. The van der Waals surface area contributed by atoms with Crippen LogP contribution in [0.2, 0.25) is 5.02 Å². The number of nitrogens with zero attached hydrogens (tertiary/aromatic N) is 3. The number of rotatable bonds is 6. The molecule has 2 aromatic rings. The molecule has 0 amide bonds. The maximum atomic E-state index is 6.27. The first-order valence-electron chi connectivity index (χ1n) is 7.28. The largest absolute Gasteiger partial charge is 0.351 e. The summed E-state index contributed by atoms with van der Waals surface area (Å²) in [6.45, 7) is 8.32. The number of halogens is 1. The van der Waals surface area contributed by atoms with Gasteiger partial charge in [0.2, 0.25) is 5.95 Å². The lowest BCUT2D eigenvalue weighted by Gasteiger charge is -2.16. The molecule has 21 heavy (non-hydrogen) atoms. The molecular weight excluding hydrogens is 304 g/mol. The molecule has 0 aromatic carbocycles. The number of thiazole rings is 1. The lowest BCUT2D eigenvalue weighted by atomic mass is 10.1. The van der Waals surface area contributed by atoms with Crippen molar-refractivity contribution in [1.29, 1.82) is 0 Å². The Bertz CT molecular complexity index is 612. The van der Waals surface area contributed by atoms with Gasteiger partial charge in [0.15, 0.2) is 0 Å². The van der Waals surface area contributed by atoms with E-state index in [0.29, 0.717) is 17.0 Å². The van der Waals surface area contributed by atoms with E-state index in [0.717, 1.165) is 40.5 Å². The smallest absolute Gasteiger partial charge is 0.223 e. The second kappa shape index (κ2) is 7.18. The summed E-state index contributed by atoms with van der Waals surface area (Å²) in [4.78, 5) is 14.4. The maximum absolute atomic E-state index is 6.27. The van der Waals surface area contributed by atoms with Crippen molar-refractivity contribution < 1.29 is 0 Å². The van der Waals surface area contributed by atoms with Gasteiger partial charge < -0.3 is 5.32 Å². The summed E-state index contributed by atoms with van der Waals surface area (Å²) in [5.41, 5.74) is 1.73. The van der Waals surface area contributed by atoms with Gasteiger partial charge in [0, 0.05) is 6.04 Å². The van der Waals surface area contributed by atoms with Crippen LogP contribution in [0.4, 0.5) is 5.95 Å². The van der Waals surface area contributed by atoms with Gasteiger partial charge in [-0.05, 0) is 26.7 Å². The number of aryl methyl sites for hydroxylation is 2. The molecule has 0 fully saturated rings. The van der Waals surface area contributed by atoms with Crippen LogP contribution in [-0.4, -0.2) is 21.0 Å². The molecule has 6 heteroatoms. The monoisotopic (exact) mass is 324 g/mol. The molecule has 0 aliphatic rings. The van der Waals surface area contributed by atoms with E-state index in [1.165, 1.54) is 0 Å². The molecule has 0 spiro atoms. The predicted molar refractivity (Wildman–Crippen MR) is 90.2 cm³/mol. The van der Waals surface area contributed by atoms with Crippen LogP contribution in [0.5, 0.6) is 0 Å². The fourth-order valence-electron chi connectivity index (χ4n) is 2.26. The Hall–Kier alpha value is -1.20. The molecule has 4 nitrogen and oxygen atoms in total. The minimum absolute atomic E-state index is 0.397. The van der Waals surface area contributed by atoms with E-state index in [4.69, 9.17) is 11.6 Å². The summed E-state index contributed by atoms with van der Waals surface area (Å²) in [6, 6.07) is 0.397. The van der Waals surface area contributed by atoms with Crippen molar-refractivity contribution in [3.8, 4) is 10.6 Å². The highest BCUT2D eigenvalue weighted by Crippen LogP contribution is 2.33. The van der Waals surface area contributed by atoms with E-state index in [9.17, 15) is 0 Å². The summed E-state index contributed by atoms with van der Waals surface area (Å²) in [5, 5.41) is 4.98. The molecule has 1 N–H and O–H groups in total. The third kappa shape index (κ3) is 3.92. The normalized spacial score (nSPS) is 12.4. The highest BCUT2D eigenvalue weighted by Gasteiger charge is 2.15. The van der Waals surface area contributed by atoms with Gasteiger partial charge >= 0.3 is 0 Å². The van der Waals surface area contributed by atoms with Crippen LogP contribution in [0, 0.1) is 13.8 Å². The SMILES string of the molecule is CCCC(CC)Nc1ncc(Cl)c(-c2sc(C)nc2C)n1. The Morgan fingerprint density at radius 3 is 2.62 bits per heavy atom. The number of anilines is 1. The van der Waals surface area contributed by atoms with Crippen molar-refractivity contribution in [2.45, 2.75) is 53.0 Å². The number of hydrogen-bond acceptors (Lipinski definition) is 5. The minimum atomic E-state index is 0.397. The third-order valence-corrected chi connectivity index (χ3v) is 4.68. The first kappa shape index (κ1) is 16.2. The number of nitrogens with one attached hydrogen (secondary N) is 1. The zero-order chi connectivity index (χ0) is 15.4. The van der Waals surface area contributed by atoms with E-state index in [1.807, 2.05) is 13.8 Å². The molecule has 0 aliphatic carbocycles. The Morgan fingerprint density at radius 1 is 1.29 bits per heavy atom. The van der Waals surface area contributed by atoms with Crippen molar-refractivity contribution in [3.05, 3.63) is 21.9 Å². The predicted octanol–water partition coefficient (Wildman–Crippen LogP) is 4.86. The van der Waals surface area contributed by atoms with E-state index < -0.39 is 0 Å². The summed E-state index contributed by atoms with van der Waals surface area (Å²) >= 11 is 7.88. The van der Waals surface area contributed by atoms with E-state index in [-0.39, 0.29) is 0 Å². The van der Waals surface area contributed by atoms with Crippen LogP contribution < -0.4 is 5.32 Å². The Balaban J connectivity index is 2.31. The van der Waals surface area contributed by atoms with Crippen LogP contribution in [0.3, 0.4) is 0 Å². The highest BCUT2D eigenvalue weighted by atomic mass is 35.5. The summed E-state index contributed by atoms with van der Waals surface area (Å²) in [5.74, 6) is 0.639. The Morgan fingerprint density at radius 2 is 2.05 bits per heavy atom. The van der Waals surface area contributed by atoms with Crippen LogP contribution in [0.25, 0.3) is 10.6 Å². The van der Waals surface area contributed by atoms with E-state index in [1.54, 1.807) is 17.5 Å². The second-order valence-electron chi connectivity index (χ2n) is 5.08. The van der Waals surface area contributed by atoms with Crippen molar-refractivity contribution in [2.24, 2.45) is 0 Å². The Labute approximate surface area is 135 Å². The molecule has 2 heterocycles. The molecule has 0 saturated carbocycles. The quantitative estimate of drug-likeness (QED) is 0.824. The van der Waals surface area contributed by atoms with Crippen molar-refractivity contribution in [1.82, 2.24) is 15.0 Å². The molecule has 1 unspecified atom stereocenters. The summed E-state index contributed by atoms with van der Waals surface area (Å²) < 4.78 is 0. The van der Waals surface area contributed by atoms with Crippen LogP contribution in [0.15, 0.2) is 6.20 Å². The molecule has 0 saturated heterocycles. The topological polar surface area (TPSA) is 50.7 Å². The molecule has 114 valence electrons. The first-order valence-corrected chi connectivity index (χ1v) is 8.48. The van der Waals surface area contributed by atoms with Crippen molar-refractivity contribution in [2.75, 3.05) is 5.32 Å². The van der Waals surface area contributed by atoms with Gasteiger partial charge in [-0.2, -0.15) is 0 Å². The van der Waals surface area contributed by atoms with Gasteiger partial charge in [0.05, 0.1) is 26.8 Å². The van der Waals surface area contributed by atoms with Gasteiger partial charge in [-0.15, -0.1) is 11.3 Å². The zero-order valence-electron chi connectivity index (χ0n) is 12.9. The molecular formula is C15H21ClN4S. The van der Waals surface area contributed by atoms with Gasteiger partial charge in [-0.3, -0.25) is 0 Å². The molecule has 0 radical (unpaired) electrons. The zero-order valence-corrected chi connectivity index (χ0v) is 14.5. The van der Waals surface area contributed by atoms with Crippen LogP contribution >= 0.6 is 22.9 Å². The minimum Gasteiger partial charge on any atom is -0.351 e. The average Bonchev–Trinajstić information content (AvgIpc) is 2.79. The fraction of sp³-hybridized carbons (Fsp3) is 0.533. The lowest BCUT2D eigenvalue weighted by Crippen LogP contribution is -2.19. The van der Waals surface area contributed by atoms with Gasteiger partial charge in [-0.25, -0.2) is 15.0 Å². The number of aromatic nitrogens is 3. The van der Waals surface area contributed by atoms with E-state index in [2.05, 4.69) is 34.1 Å². The van der Waals surface area contributed by atoms with Gasteiger partial charge in [0.25, 0.3) is 0 Å². The lowest BCUT2D eigenvalue weighted by molar-refractivity contribution is 0.618. The third-order valence-electron chi connectivity index (χ3n) is 3.33. The first-order chi connectivity index (χ1) is 10.0. The van der Waals surface area contributed by atoms with Crippen LogP contribution in [0.1, 0.15) is 43.8 Å². The standard InChI is InChI=1S/C15H21ClN4S/c1-5-7-11(6-2)19-15-17-8-12(16)13(20-15)14-9(3)18-10(4)21-14/h8,11H,5-7H2,1-4H3,(H,17,19,20). The average molecular weight is 325 g/mol. The summed E-state index contributed by atoms with van der Waals surface area (Å²) in [6.07, 6.45) is 4.96. The number of hydrogen-bond donors (Lipinski definition) is 1. The molecule has 2 rings (SSSR count). The molecule has 0 aliphatic heterocycles. The fourth-order valence-corrected chi connectivity index (χ4v) is 3.42. The van der Waals surface area contributed by atoms with Gasteiger partial charge in [-0.1, -0.05) is 31.9 Å². The molecule has 1 atom stereocenters. The van der Waals surface area contributed by atoms with Gasteiger partial charge in [0.1, 0.15) is 5.69 Å². The molecule has 2 aromatic heterocycles. The van der Waals surface area contributed by atoms with Crippen molar-refractivity contribution in [3.63, 3.8) is 0 Å². The van der Waals surface area contributed by atoms with Crippen molar-refractivity contribution >= 4 is 28.9 Å². The Kier molecular flexibility index (Phi) is 5.53. The van der Waals surface area contributed by atoms with Crippen LogP contribution in [-0.2, 0) is 0 Å². The summed E-state index contributed by atoms with van der Waals surface area (Å²) in [7, 11) is 0. The second-order valence-corrected chi connectivity index (χ2v) is 6.69. The molecule has 0 bridgehead atoms. The maximum Gasteiger partial charge on any atom is 0.223 e.